The molecule has 7 heteroatoms. The quantitative estimate of drug-likeness (QED) is 0.335. The summed E-state index contributed by atoms with van der Waals surface area (Å²) in [4.78, 5) is 31.8. The van der Waals surface area contributed by atoms with Crippen LogP contribution in [-0.4, -0.2) is 40.4 Å². The van der Waals surface area contributed by atoms with Gasteiger partial charge in [0.05, 0.1) is 25.3 Å². The van der Waals surface area contributed by atoms with Crippen molar-refractivity contribution in [3.05, 3.63) is 95.3 Å². The zero-order chi connectivity index (χ0) is 23.4. The number of hydrogen-bond donors (Lipinski definition) is 1. The Morgan fingerprint density at radius 2 is 1.73 bits per heavy atom. The maximum Gasteiger partial charge on any atom is 0.295 e. The number of nitrogens with zero attached hydrogens (tertiary/aromatic N) is 2. The number of ketones is 1. The van der Waals surface area contributed by atoms with Crippen molar-refractivity contribution in [3.8, 4) is 11.5 Å². The van der Waals surface area contributed by atoms with E-state index in [1.165, 1.54) is 12.0 Å². The molecule has 3 aromatic rings. The Hall–Kier alpha value is -4.13. The summed E-state index contributed by atoms with van der Waals surface area (Å²) >= 11 is 0. The van der Waals surface area contributed by atoms with E-state index in [9.17, 15) is 14.7 Å². The van der Waals surface area contributed by atoms with Gasteiger partial charge in [0.2, 0.25) is 0 Å². The minimum Gasteiger partial charge on any atom is -0.507 e. The van der Waals surface area contributed by atoms with Gasteiger partial charge in [0.15, 0.2) is 0 Å². The van der Waals surface area contributed by atoms with E-state index >= 15 is 0 Å². The van der Waals surface area contributed by atoms with E-state index in [-0.39, 0.29) is 17.9 Å². The number of pyridine rings is 1. The summed E-state index contributed by atoms with van der Waals surface area (Å²) in [5.41, 5.74) is 1.86. The van der Waals surface area contributed by atoms with Crippen LogP contribution in [0, 0.1) is 0 Å². The van der Waals surface area contributed by atoms with Gasteiger partial charge in [-0.3, -0.25) is 14.6 Å². The molecule has 168 valence electrons. The molecule has 1 unspecified atom stereocenters. The Balaban J connectivity index is 1.85. The second-order valence-corrected chi connectivity index (χ2v) is 7.48. The number of carbonyl (C=O) groups excluding carboxylic acids is 2. The van der Waals surface area contributed by atoms with E-state index in [2.05, 4.69) is 4.98 Å². The molecule has 1 N–H and O–H groups in total. The molecule has 1 fully saturated rings. The van der Waals surface area contributed by atoms with E-state index in [4.69, 9.17) is 9.47 Å². The van der Waals surface area contributed by atoms with Crippen LogP contribution in [-0.2, 0) is 16.1 Å². The highest BCUT2D eigenvalue weighted by molar-refractivity contribution is 6.46. The number of methoxy groups -OCH3 is 1. The van der Waals surface area contributed by atoms with E-state index in [1.54, 1.807) is 67.0 Å². The number of aliphatic hydroxyl groups excluding tert-OH is 1. The summed E-state index contributed by atoms with van der Waals surface area (Å²) in [6.07, 6.45) is 3.26. The molecule has 1 amide bonds. The lowest BCUT2D eigenvalue weighted by molar-refractivity contribution is -0.140. The number of likely N-dealkylation sites (tertiary alicyclic amines) is 1. The number of aromatic nitrogens is 1. The number of rotatable bonds is 7. The molecule has 0 radical (unpaired) electrons. The molecule has 33 heavy (non-hydrogen) atoms. The lowest BCUT2D eigenvalue weighted by atomic mass is 9.94. The molecule has 0 spiro atoms. The molecule has 1 aliphatic rings. The lowest BCUT2D eigenvalue weighted by Crippen LogP contribution is -2.29. The van der Waals surface area contributed by atoms with Gasteiger partial charge in [-0.1, -0.05) is 18.2 Å². The van der Waals surface area contributed by atoms with Crippen molar-refractivity contribution in [1.82, 2.24) is 9.88 Å². The third-order valence-electron chi connectivity index (χ3n) is 5.51. The number of carbonyl (C=O) groups is 2. The predicted molar refractivity (Wildman–Crippen MR) is 123 cm³/mol. The van der Waals surface area contributed by atoms with E-state index < -0.39 is 17.7 Å². The molecule has 0 bridgehead atoms. The number of para-hydroxylation sites is 1. The molecule has 2 aromatic carbocycles. The minimum absolute atomic E-state index is 0.0164. The van der Waals surface area contributed by atoms with Crippen molar-refractivity contribution in [3.63, 3.8) is 0 Å². The third-order valence-corrected chi connectivity index (χ3v) is 5.51. The van der Waals surface area contributed by atoms with Crippen molar-refractivity contribution in [2.75, 3.05) is 13.7 Å². The first-order valence-corrected chi connectivity index (χ1v) is 10.6. The largest absolute Gasteiger partial charge is 0.507 e. The van der Waals surface area contributed by atoms with Crippen molar-refractivity contribution in [1.29, 1.82) is 0 Å². The molecule has 0 saturated carbocycles. The van der Waals surface area contributed by atoms with Crippen LogP contribution < -0.4 is 9.47 Å². The smallest absolute Gasteiger partial charge is 0.295 e. The lowest BCUT2D eigenvalue weighted by Gasteiger charge is -2.26. The van der Waals surface area contributed by atoms with Crippen LogP contribution in [0.15, 0.2) is 78.6 Å². The van der Waals surface area contributed by atoms with Gasteiger partial charge in [-0.15, -0.1) is 0 Å². The van der Waals surface area contributed by atoms with Crippen LogP contribution >= 0.6 is 0 Å². The standard InChI is InChI=1S/C26H24N2O5/c1-3-33-19-10-8-18(9-11-19)24(29)22-23(20-6-4-5-7-21(20)32-2)28(26(31)25(22)30)16-17-12-14-27-15-13-17/h4-15,23,29H,3,16H2,1-2H3/b24-22-. The van der Waals surface area contributed by atoms with Gasteiger partial charge in [-0.2, -0.15) is 0 Å². The van der Waals surface area contributed by atoms with Crippen molar-refractivity contribution >= 4 is 17.4 Å². The summed E-state index contributed by atoms with van der Waals surface area (Å²) in [6, 6.07) is 16.7. The van der Waals surface area contributed by atoms with Crippen LogP contribution in [0.1, 0.15) is 29.7 Å². The highest BCUT2D eigenvalue weighted by Gasteiger charge is 2.47. The van der Waals surface area contributed by atoms with Gasteiger partial charge in [-0.25, -0.2) is 0 Å². The number of amides is 1. The Kier molecular flexibility index (Phi) is 6.40. The average molecular weight is 444 g/mol. The predicted octanol–water partition coefficient (Wildman–Crippen LogP) is 4.11. The fourth-order valence-corrected chi connectivity index (χ4v) is 3.97. The molecule has 0 aliphatic carbocycles. The van der Waals surface area contributed by atoms with Crippen LogP contribution in [0.25, 0.3) is 5.76 Å². The van der Waals surface area contributed by atoms with E-state index in [0.717, 1.165) is 5.56 Å². The number of Topliss-reactive ketones (excluding diaryl/α,β-unsaturated/α-hetero) is 1. The summed E-state index contributed by atoms with van der Waals surface area (Å²) in [7, 11) is 1.53. The van der Waals surface area contributed by atoms with Crippen LogP contribution in [0.5, 0.6) is 11.5 Å². The molecule has 4 rings (SSSR count). The average Bonchev–Trinajstić information content (AvgIpc) is 3.09. The topological polar surface area (TPSA) is 89.0 Å². The van der Waals surface area contributed by atoms with Gasteiger partial charge in [-0.05, 0) is 55.0 Å². The van der Waals surface area contributed by atoms with Gasteiger partial charge in [0.1, 0.15) is 17.3 Å². The summed E-state index contributed by atoms with van der Waals surface area (Å²) < 4.78 is 11.0. The van der Waals surface area contributed by atoms with Crippen molar-refractivity contribution in [2.45, 2.75) is 19.5 Å². The van der Waals surface area contributed by atoms with Gasteiger partial charge >= 0.3 is 0 Å². The monoisotopic (exact) mass is 444 g/mol. The fourth-order valence-electron chi connectivity index (χ4n) is 3.97. The molecule has 7 nitrogen and oxygen atoms in total. The van der Waals surface area contributed by atoms with Gasteiger partial charge in [0.25, 0.3) is 11.7 Å². The number of aliphatic hydroxyl groups is 1. The minimum atomic E-state index is -0.819. The third kappa shape index (κ3) is 4.30. The Morgan fingerprint density at radius 3 is 2.39 bits per heavy atom. The molecule has 1 aromatic heterocycles. The van der Waals surface area contributed by atoms with Crippen LogP contribution in [0.2, 0.25) is 0 Å². The molecular weight excluding hydrogens is 420 g/mol. The van der Waals surface area contributed by atoms with Crippen molar-refractivity contribution < 1.29 is 24.2 Å². The molecule has 1 aliphatic heterocycles. The highest BCUT2D eigenvalue weighted by atomic mass is 16.5. The SMILES string of the molecule is CCOc1ccc(/C(O)=C2/C(=O)C(=O)N(Cc3ccncc3)C2c2ccccc2OC)cc1. The van der Waals surface area contributed by atoms with E-state index in [0.29, 0.717) is 29.2 Å². The zero-order valence-corrected chi connectivity index (χ0v) is 18.4. The maximum atomic E-state index is 13.2. The summed E-state index contributed by atoms with van der Waals surface area (Å²) in [6.45, 7) is 2.57. The molecule has 1 atom stereocenters. The Bertz CT molecular complexity index is 1190. The molecule has 1 saturated heterocycles. The molecule has 2 heterocycles. The highest BCUT2D eigenvalue weighted by Crippen LogP contribution is 2.43. The summed E-state index contributed by atoms with van der Waals surface area (Å²) in [5.74, 6) is -0.513. The van der Waals surface area contributed by atoms with Crippen molar-refractivity contribution in [2.24, 2.45) is 0 Å². The Morgan fingerprint density at radius 1 is 1.03 bits per heavy atom. The number of ether oxygens (including phenoxy) is 2. The normalized spacial score (nSPS) is 17.3. The van der Waals surface area contributed by atoms with Crippen LogP contribution in [0.3, 0.4) is 0 Å². The van der Waals surface area contributed by atoms with Gasteiger partial charge < -0.3 is 19.5 Å². The summed E-state index contributed by atoms with van der Waals surface area (Å²) in [5, 5.41) is 11.2. The molecular formula is C26H24N2O5. The Labute approximate surface area is 191 Å². The maximum absolute atomic E-state index is 13.2. The van der Waals surface area contributed by atoms with Gasteiger partial charge in [0, 0.05) is 30.1 Å². The number of benzene rings is 2. The zero-order valence-electron chi connectivity index (χ0n) is 18.4. The van der Waals surface area contributed by atoms with Crippen LogP contribution in [0.4, 0.5) is 0 Å². The first-order chi connectivity index (χ1) is 16.0. The van der Waals surface area contributed by atoms with E-state index in [1.807, 2.05) is 13.0 Å². The number of hydrogen-bond acceptors (Lipinski definition) is 6. The fraction of sp³-hybridized carbons (Fsp3) is 0.192. The first kappa shape index (κ1) is 22.1. The second-order valence-electron chi connectivity index (χ2n) is 7.48. The first-order valence-electron chi connectivity index (χ1n) is 10.6. The second kappa shape index (κ2) is 9.56.